The summed E-state index contributed by atoms with van der Waals surface area (Å²) < 4.78 is 12.2. The fourth-order valence-corrected chi connectivity index (χ4v) is 11.1. The maximum Gasteiger partial charge on any atom is 0.330 e. The van der Waals surface area contributed by atoms with E-state index >= 15 is 0 Å². The number of hydrogen-bond acceptors (Lipinski definition) is 6. The topological polar surface area (TPSA) is 96.2 Å². The Balaban J connectivity index is 1.39. The molecule has 0 amide bonds. The number of rotatable bonds is 4. The van der Waals surface area contributed by atoms with Gasteiger partial charge >= 0.3 is 5.97 Å². The van der Waals surface area contributed by atoms with E-state index in [2.05, 4.69) is 40.7 Å². The number of ether oxygens (including phenoxy) is 2. The van der Waals surface area contributed by atoms with Gasteiger partial charge in [-0.05, 0) is 107 Å². The summed E-state index contributed by atoms with van der Waals surface area (Å²) >= 11 is 0. The van der Waals surface area contributed by atoms with E-state index in [0.717, 1.165) is 37.7 Å². The molecule has 6 heteroatoms. The highest BCUT2D eigenvalue weighted by molar-refractivity contribution is 5.82. The highest BCUT2D eigenvalue weighted by Gasteiger charge is 2.69. The molecule has 0 aromatic rings. The Kier molecular flexibility index (Phi) is 7.75. The Morgan fingerprint density at radius 2 is 1.73 bits per heavy atom. The minimum atomic E-state index is -1.08. The predicted octanol–water partition coefficient (Wildman–Crippen LogP) is 5.98. The van der Waals surface area contributed by atoms with E-state index < -0.39 is 23.9 Å². The molecule has 0 bridgehead atoms. The first-order valence-electron chi connectivity index (χ1n) is 16.1. The van der Waals surface area contributed by atoms with Crippen LogP contribution in [-0.4, -0.2) is 57.9 Å². The highest BCUT2D eigenvalue weighted by Crippen LogP contribution is 2.73. The van der Waals surface area contributed by atoms with Crippen LogP contribution in [-0.2, 0) is 14.3 Å². The molecular formula is C35H56O6. The summed E-state index contributed by atoms with van der Waals surface area (Å²) in [5.41, 5.74) is 0.745. The molecule has 1 saturated heterocycles. The fourth-order valence-electron chi connectivity index (χ4n) is 11.1. The van der Waals surface area contributed by atoms with Crippen molar-refractivity contribution in [3.63, 3.8) is 0 Å². The zero-order chi connectivity index (χ0) is 30.3. The van der Waals surface area contributed by atoms with Gasteiger partial charge in [0.1, 0.15) is 12.2 Å². The molecule has 5 rings (SSSR count). The van der Waals surface area contributed by atoms with Gasteiger partial charge in [0, 0.05) is 16.9 Å². The Labute approximate surface area is 248 Å². The maximum absolute atomic E-state index is 12.6. The van der Waals surface area contributed by atoms with Gasteiger partial charge in [-0.2, -0.15) is 0 Å². The second-order valence-corrected chi connectivity index (χ2v) is 16.5. The van der Waals surface area contributed by atoms with E-state index in [-0.39, 0.29) is 45.6 Å². The van der Waals surface area contributed by atoms with Crippen molar-refractivity contribution in [1.82, 2.24) is 0 Å². The van der Waals surface area contributed by atoms with Crippen LogP contribution in [0.5, 0.6) is 0 Å². The van der Waals surface area contributed by atoms with Crippen LogP contribution in [0.25, 0.3) is 0 Å². The van der Waals surface area contributed by atoms with E-state index in [4.69, 9.17) is 9.47 Å². The lowest BCUT2D eigenvalue weighted by Crippen LogP contribution is -2.65. The minimum absolute atomic E-state index is 0.0429. The summed E-state index contributed by atoms with van der Waals surface area (Å²) in [6, 6.07) is 0. The van der Waals surface area contributed by atoms with Gasteiger partial charge in [-0.25, -0.2) is 4.79 Å². The molecule has 0 aromatic carbocycles. The van der Waals surface area contributed by atoms with Crippen LogP contribution < -0.4 is 0 Å². The third-order valence-corrected chi connectivity index (χ3v) is 13.0. The lowest BCUT2D eigenvalue weighted by molar-refractivity contribution is -0.221. The smallest absolute Gasteiger partial charge is 0.330 e. The first-order valence-corrected chi connectivity index (χ1v) is 16.1. The van der Waals surface area contributed by atoms with Crippen LogP contribution >= 0.6 is 0 Å². The molecule has 6 nitrogen and oxygen atoms in total. The molecule has 0 unspecified atom stereocenters. The zero-order valence-corrected chi connectivity index (χ0v) is 27.0. The van der Waals surface area contributed by atoms with Crippen molar-refractivity contribution >= 4 is 5.97 Å². The number of hydrogen-bond donors (Lipinski definition) is 3. The Morgan fingerprint density at radius 1 is 1.05 bits per heavy atom. The first kappa shape index (κ1) is 31.2. The number of carbonyl (C=O) groups is 1. The van der Waals surface area contributed by atoms with Crippen molar-refractivity contribution in [2.75, 3.05) is 6.61 Å². The Morgan fingerprint density at radius 3 is 2.34 bits per heavy atom. The van der Waals surface area contributed by atoms with E-state index in [1.807, 2.05) is 13.8 Å². The van der Waals surface area contributed by atoms with E-state index in [9.17, 15) is 20.1 Å². The van der Waals surface area contributed by atoms with Crippen LogP contribution in [0.2, 0.25) is 0 Å². The van der Waals surface area contributed by atoms with Gasteiger partial charge in [0.15, 0.2) is 0 Å². The van der Waals surface area contributed by atoms with Gasteiger partial charge in [-0.15, -0.1) is 0 Å². The predicted molar refractivity (Wildman–Crippen MR) is 160 cm³/mol. The number of aliphatic hydroxyl groups excluding tert-OH is 2. The van der Waals surface area contributed by atoms with Crippen molar-refractivity contribution in [2.45, 2.75) is 137 Å². The number of carbonyl (C=O) groups excluding carboxylic acids is 1. The number of allylic oxidation sites excluding steroid dienone is 2. The lowest BCUT2D eigenvalue weighted by atomic mass is 9.37. The van der Waals surface area contributed by atoms with Crippen molar-refractivity contribution in [3.05, 3.63) is 23.3 Å². The maximum atomic E-state index is 12.6. The zero-order valence-electron chi connectivity index (χ0n) is 27.0. The molecule has 4 aliphatic carbocycles. The SMILES string of the molecule is CC(C)=CC(=O)O[C@@H]1CC[C@]2(C)[C@H]3CC[C@]4(C)C(=CC[C@H]4[C@H]4CO[C@@H](C(C)(C)O)[C@H](O)C4)[C@]3(C)[C@H](O)C[C@H]2C1(C)C. The fraction of sp³-hybridized carbons (Fsp3) is 0.857. The number of aliphatic hydroxyl groups is 3. The second-order valence-electron chi connectivity index (χ2n) is 16.5. The van der Waals surface area contributed by atoms with Gasteiger partial charge < -0.3 is 24.8 Å². The van der Waals surface area contributed by atoms with Crippen molar-refractivity contribution in [2.24, 2.45) is 45.3 Å². The molecule has 5 aliphatic rings. The molecule has 41 heavy (non-hydrogen) atoms. The summed E-state index contributed by atoms with van der Waals surface area (Å²) in [5.74, 6) is 0.921. The molecule has 11 atom stereocenters. The van der Waals surface area contributed by atoms with Crippen LogP contribution in [0.3, 0.4) is 0 Å². The quantitative estimate of drug-likeness (QED) is 0.218. The summed E-state index contributed by atoms with van der Waals surface area (Å²) in [6.07, 6.45) is 8.43. The summed E-state index contributed by atoms with van der Waals surface area (Å²) in [7, 11) is 0. The highest BCUT2D eigenvalue weighted by atomic mass is 16.5. The third-order valence-electron chi connectivity index (χ3n) is 13.0. The van der Waals surface area contributed by atoms with E-state index in [1.165, 1.54) is 5.57 Å². The molecule has 232 valence electrons. The lowest BCUT2D eigenvalue weighted by Gasteiger charge is -2.68. The standard InChI is InChI=1S/C35H56O6/c1-20(2)16-29(38)41-28-13-15-34(8)25-12-14-33(7)22(21-17-23(36)30(40-19-21)32(5,6)39)10-11-24(33)35(25,9)27(37)18-26(34)31(28,3)4/h11,16,21-23,25-28,30,36-37,39H,10,12-15,17-19H2,1-9H3/t21-,22+,23-,25-,26+,27-,28-,30-,33+,34-,35+/m1/s1. The normalized spacial score (nSPS) is 47.4. The molecule has 4 fully saturated rings. The third kappa shape index (κ3) is 4.78. The summed E-state index contributed by atoms with van der Waals surface area (Å²) in [5, 5.41) is 33.6. The van der Waals surface area contributed by atoms with Gasteiger partial charge in [0.2, 0.25) is 0 Å². The van der Waals surface area contributed by atoms with Gasteiger partial charge in [-0.3, -0.25) is 0 Å². The van der Waals surface area contributed by atoms with E-state index in [1.54, 1.807) is 19.9 Å². The van der Waals surface area contributed by atoms with Crippen LogP contribution in [0.4, 0.5) is 0 Å². The number of fused-ring (bicyclic) bond motifs is 5. The van der Waals surface area contributed by atoms with Gasteiger partial charge in [-0.1, -0.05) is 51.8 Å². The molecule has 0 radical (unpaired) electrons. The average molecular weight is 573 g/mol. The largest absolute Gasteiger partial charge is 0.459 e. The molecule has 3 N–H and O–H groups in total. The molecule has 0 spiro atoms. The minimum Gasteiger partial charge on any atom is -0.459 e. The van der Waals surface area contributed by atoms with Crippen LogP contribution in [0.1, 0.15) is 107 Å². The van der Waals surface area contributed by atoms with Gasteiger partial charge in [0.25, 0.3) is 0 Å². The Hall–Kier alpha value is -1.21. The van der Waals surface area contributed by atoms with Crippen molar-refractivity contribution < 1.29 is 29.6 Å². The van der Waals surface area contributed by atoms with Gasteiger partial charge in [0.05, 0.1) is 24.4 Å². The van der Waals surface area contributed by atoms with E-state index in [0.29, 0.717) is 31.3 Å². The molecule has 1 aliphatic heterocycles. The van der Waals surface area contributed by atoms with Crippen LogP contribution in [0, 0.1) is 45.3 Å². The molecule has 0 aromatic heterocycles. The monoisotopic (exact) mass is 572 g/mol. The summed E-state index contributed by atoms with van der Waals surface area (Å²) in [4.78, 5) is 12.6. The second kappa shape index (κ2) is 10.2. The Bertz CT molecular complexity index is 1100. The van der Waals surface area contributed by atoms with Crippen LogP contribution in [0.15, 0.2) is 23.3 Å². The van der Waals surface area contributed by atoms with Crippen molar-refractivity contribution in [3.8, 4) is 0 Å². The first-order chi connectivity index (χ1) is 18.9. The molecule has 1 heterocycles. The number of esters is 1. The average Bonchev–Trinajstić information content (AvgIpc) is 3.20. The molecule has 3 saturated carbocycles. The van der Waals surface area contributed by atoms with Crippen molar-refractivity contribution in [1.29, 1.82) is 0 Å². The summed E-state index contributed by atoms with van der Waals surface area (Å²) in [6.45, 7) is 19.5. The molecular weight excluding hydrogens is 516 g/mol.